The minimum absolute atomic E-state index is 0.229. The largest absolute Gasteiger partial charge is 0.486 e. The van der Waals surface area contributed by atoms with Gasteiger partial charge in [0.05, 0.1) is 0 Å². The summed E-state index contributed by atoms with van der Waals surface area (Å²) in [5, 5.41) is 9.01. The fourth-order valence-corrected chi connectivity index (χ4v) is 2.08. The fraction of sp³-hybridized carbons (Fsp3) is 0.538. The summed E-state index contributed by atoms with van der Waals surface area (Å²) in [6, 6.07) is 6.07. The molecule has 1 atom stereocenters. The molecule has 1 unspecified atom stereocenters. The molecule has 0 radical (unpaired) electrons. The molecule has 3 nitrogen and oxygen atoms in total. The maximum Gasteiger partial charge on any atom is 0.161 e. The van der Waals surface area contributed by atoms with Gasteiger partial charge in [-0.25, -0.2) is 0 Å². The summed E-state index contributed by atoms with van der Waals surface area (Å²) in [7, 11) is 0. The number of hydrogen-bond acceptors (Lipinski definition) is 3. The normalized spacial score (nSPS) is 15.9. The second-order valence-corrected chi connectivity index (χ2v) is 4.02. The van der Waals surface area contributed by atoms with E-state index in [9.17, 15) is 0 Å². The van der Waals surface area contributed by atoms with Gasteiger partial charge in [0.25, 0.3) is 0 Å². The van der Waals surface area contributed by atoms with Crippen LogP contribution in [-0.4, -0.2) is 24.9 Å². The molecule has 3 heteroatoms. The summed E-state index contributed by atoms with van der Waals surface area (Å²) in [5.41, 5.74) is 1.22. The molecular weight excluding hydrogens is 204 g/mol. The lowest BCUT2D eigenvalue weighted by atomic mass is 9.93. The number of hydrogen-bond donors (Lipinski definition) is 1. The van der Waals surface area contributed by atoms with Crippen LogP contribution >= 0.6 is 0 Å². The van der Waals surface area contributed by atoms with Crippen LogP contribution in [0.4, 0.5) is 0 Å². The molecule has 16 heavy (non-hydrogen) atoms. The van der Waals surface area contributed by atoms with E-state index in [0.29, 0.717) is 19.1 Å². The SMILES string of the molecule is CCC(CCO)c1ccc2c(c1)OCCO2. The van der Waals surface area contributed by atoms with Gasteiger partial charge in [0.2, 0.25) is 0 Å². The van der Waals surface area contributed by atoms with E-state index in [1.165, 1.54) is 5.56 Å². The average molecular weight is 222 g/mol. The lowest BCUT2D eigenvalue weighted by molar-refractivity contribution is 0.171. The van der Waals surface area contributed by atoms with Crippen LogP contribution in [0.1, 0.15) is 31.2 Å². The topological polar surface area (TPSA) is 38.7 Å². The van der Waals surface area contributed by atoms with Crippen molar-refractivity contribution in [2.75, 3.05) is 19.8 Å². The van der Waals surface area contributed by atoms with E-state index in [-0.39, 0.29) is 6.61 Å². The van der Waals surface area contributed by atoms with Crippen LogP contribution in [-0.2, 0) is 0 Å². The second-order valence-electron chi connectivity index (χ2n) is 4.02. The van der Waals surface area contributed by atoms with Crippen LogP contribution in [0, 0.1) is 0 Å². The van der Waals surface area contributed by atoms with Crippen LogP contribution in [0.15, 0.2) is 18.2 Å². The first-order valence-electron chi connectivity index (χ1n) is 5.85. The van der Waals surface area contributed by atoms with Crippen LogP contribution in [0.5, 0.6) is 11.5 Å². The van der Waals surface area contributed by atoms with Crippen molar-refractivity contribution in [1.29, 1.82) is 0 Å². The Bertz CT molecular complexity index is 349. The number of rotatable bonds is 4. The Labute approximate surface area is 96.0 Å². The van der Waals surface area contributed by atoms with Crippen molar-refractivity contribution in [2.24, 2.45) is 0 Å². The molecule has 0 saturated carbocycles. The van der Waals surface area contributed by atoms with Gasteiger partial charge in [-0.2, -0.15) is 0 Å². The standard InChI is InChI=1S/C13H18O3/c1-2-10(5-6-14)11-3-4-12-13(9-11)16-8-7-15-12/h3-4,9-10,14H,2,5-8H2,1H3. The highest BCUT2D eigenvalue weighted by molar-refractivity contribution is 5.44. The van der Waals surface area contributed by atoms with E-state index in [0.717, 1.165) is 24.3 Å². The molecule has 1 N–H and O–H groups in total. The number of aliphatic hydroxyl groups excluding tert-OH is 1. The lowest BCUT2D eigenvalue weighted by Gasteiger charge is -2.21. The van der Waals surface area contributed by atoms with Crippen molar-refractivity contribution in [2.45, 2.75) is 25.7 Å². The molecule has 0 amide bonds. The third-order valence-corrected chi connectivity index (χ3v) is 3.01. The van der Waals surface area contributed by atoms with Gasteiger partial charge in [-0.05, 0) is 36.5 Å². The summed E-state index contributed by atoms with van der Waals surface area (Å²) in [4.78, 5) is 0. The average Bonchev–Trinajstić information content (AvgIpc) is 2.35. The Kier molecular flexibility index (Phi) is 3.67. The third-order valence-electron chi connectivity index (χ3n) is 3.01. The molecule has 1 aromatic rings. The highest BCUT2D eigenvalue weighted by Gasteiger charge is 2.15. The molecule has 88 valence electrons. The van der Waals surface area contributed by atoms with E-state index in [4.69, 9.17) is 14.6 Å². The minimum atomic E-state index is 0.229. The molecule has 1 aliphatic rings. The molecule has 1 aliphatic heterocycles. The summed E-state index contributed by atoms with van der Waals surface area (Å²) in [6.45, 7) is 3.61. The molecule has 0 fully saturated rings. The Morgan fingerprint density at radius 1 is 1.25 bits per heavy atom. The van der Waals surface area contributed by atoms with Gasteiger partial charge in [-0.1, -0.05) is 13.0 Å². The monoisotopic (exact) mass is 222 g/mol. The first kappa shape index (κ1) is 11.3. The summed E-state index contributed by atoms with van der Waals surface area (Å²) in [6.07, 6.45) is 1.83. The van der Waals surface area contributed by atoms with Gasteiger partial charge in [0.1, 0.15) is 13.2 Å². The number of ether oxygens (including phenoxy) is 2. The van der Waals surface area contributed by atoms with Crippen molar-refractivity contribution >= 4 is 0 Å². The summed E-state index contributed by atoms with van der Waals surface area (Å²) < 4.78 is 11.0. The van der Waals surface area contributed by atoms with Crippen molar-refractivity contribution < 1.29 is 14.6 Å². The van der Waals surface area contributed by atoms with Gasteiger partial charge >= 0.3 is 0 Å². The van der Waals surface area contributed by atoms with Crippen LogP contribution in [0.3, 0.4) is 0 Å². The Morgan fingerprint density at radius 3 is 2.69 bits per heavy atom. The highest BCUT2D eigenvalue weighted by atomic mass is 16.6. The van der Waals surface area contributed by atoms with Crippen LogP contribution in [0.2, 0.25) is 0 Å². The molecule has 0 bridgehead atoms. The van der Waals surface area contributed by atoms with E-state index >= 15 is 0 Å². The number of fused-ring (bicyclic) bond motifs is 1. The second kappa shape index (κ2) is 5.21. The van der Waals surface area contributed by atoms with Crippen molar-refractivity contribution in [3.8, 4) is 11.5 Å². The molecular formula is C13H18O3. The third kappa shape index (κ3) is 2.30. The van der Waals surface area contributed by atoms with E-state index in [2.05, 4.69) is 13.0 Å². The zero-order valence-electron chi connectivity index (χ0n) is 9.61. The number of aliphatic hydroxyl groups is 1. The minimum Gasteiger partial charge on any atom is -0.486 e. The molecule has 0 aliphatic carbocycles. The van der Waals surface area contributed by atoms with Crippen LogP contribution in [0.25, 0.3) is 0 Å². The molecule has 0 aromatic heterocycles. The van der Waals surface area contributed by atoms with E-state index in [1.807, 2.05) is 12.1 Å². The number of benzene rings is 1. The van der Waals surface area contributed by atoms with Gasteiger partial charge in [0.15, 0.2) is 11.5 Å². The first-order valence-corrected chi connectivity index (χ1v) is 5.85. The Balaban J connectivity index is 2.21. The predicted molar refractivity (Wildman–Crippen MR) is 62.2 cm³/mol. The molecule has 0 saturated heterocycles. The maximum absolute atomic E-state index is 9.01. The lowest BCUT2D eigenvalue weighted by Crippen LogP contribution is -2.15. The fourth-order valence-electron chi connectivity index (χ4n) is 2.08. The predicted octanol–water partition coefficient (Wildman–Crippen LogP) is 2.33. The Hall–Kier alpha value is -1.22. The van der Waals surface area contributed by atoms with E-state index in [1.54, 1.807) is 0 Å². The van der Waals surface area contributed by atoms with Crippen LogP contribution < -0.4 is 9.47 Å². The smallest absolute Gasteiger partial charge is 0.161 e. The maximum atomic E-state index is 9.01. The van der Waals surface area contributed by atoms with Gasteiger partial charge < -0.3 is 14.6 Å². The first-order chi connectivity index (χ1) is 7.85. The van der Waals surface area contributed by atoms with Gasteiger partial charge in [0, 0.05) is 6.61 Å². The molecule has 1 aromatic carbocycles. The Morgan fingerprint density at radius 2 is 2.00 bits per heavy atom. The summed E-state index contributed by atoms with van der Waals surface area (Å²) >= 11 is 0. The van der Waals surface area contributed by atoms with Gasteiger partial charge in [-0.15, -0.1) is 0 Å². The van der Waals surface area contributed by atoms with Crippen molar-refractivity contribution in [3.05, 3.63) is 23.8 Å². The zero-order chi connectivity index (χ0) is 11.4. The quantitative estimate of drug-likeness (QED) is 0.849. The van der Waals surface area contributed by atoms with Gasteiger partial charge in [-0.3, -0.25) is 0 Å². The van der Waals surface area contributed by atoms with E-state index < -0.39 is 0 Å². The molecule has 0 spiro atoms. The zero-order valence-corrected chi connectivity index (χ0v) is 9.61. The highest BCUT2D eigenvalue weighted by Crippen LogP contribution is 2.34. The molecule has 2 rings (SSSR count). The molecule has 1 heterocycles. The summed E-state index contributed by atoms with van der Waals surface area (Å²) in [5.74, 6) is 2.06. The van der Waals surface area contributed by atoms with Crippen molar-refractivity contribution in [1.82, 2.24) is 0 Å². The van der Waals surface area contributed by atoms with Crippen molar-refractivity contribution in [3.63, 3.8) is 0 Å².